The molecule has 0 aromatic heterocycles. The van der Waals surface area contributed by atoms with E-state index in [1.807, 2.05) is 6.92 Å². The van der Waals surface area contributed by atoms with Gasteiger partial charge in [0.25, 0.3) is 0 Å². The molecule has 0 heterocycles. The zero-order chi connectivity index (χ0) is 9.78. The highest BCUT2D eigenvalue weighted by molar-refractivity contribution is 6.80. The van der Waals surface area contributed by atoms with E-state index in [1.165, 1.54) is 0 Å². The second kappa shape index (κ2) is 4.77. The predicted molar refractivity (Wildman–Crippen MR) is 54.3 cm³/mol. The minimum absolute atomic E-state index is 0.164. The summed E-state index contributed by atoms with van der Waals surface area (Å²) in [5.41, 5.74) is 0.164. The SMILES string of the molecule is CCOCC(C(C)=O)[Si](C)(C)C. The smallest absolute Gasteiger partial charge is 0.132 e. The van der Waals surface area contributed by atoms with Gasteiger partial charge in [-0.3, -0.25) is 4.79 Å². The fourth-order valence-electron chi connectivity index (χ4n) is 1.21. The number of hydrogen-bond donors (Lipinski definition) is 0. The number of ketones is 1. The van der Waals surface area contributed by atoms with Gasteiger partial charge in [0.05, 0.1) is 14.7 Å². The van der Waals surface area contributed by atoms with Gasteiger partial charge in [-0.05, 0) is 13.8 Å². The topological polar surface area (TPSA) is 26.3 Å². The maximum absolute atomic E-state index is 11.3. The highest BCUT2D eigenvalue weighted by Gasteiger charge is 2.30. The van der Waals surface area contributed by atoms with E-state index < -0.39 is 8.07 Å². The Balaban J connectivity index is 4.15. The van der Waals surface area contributed by atoms with Crippen LogP contribution in [0.4, 0.5) is 0 Å². The molecule has 0 saturated heterocycles. The molecule has 0 aromatic carbocycles. The molecule has 12 heavy (non-hydrogen) atoms. The van der Waals surface area contributed by atoms with Gasteiger partial charge >= 0.3 is 0 Å². The van der Waals surface area contributed by atoms with E-state index in [0.717, 1.165) is 0 Å². The predicted octanol–water partition coefficient (Wildman–Crippen LogP) is 2.32. The molecule has 0 N–H and O–H groups in total. The first-order valence-corrected chi connectivity index (χ1v) is 8.05. The molecule has 0 amide bonds. The van der Waals surface area contributed by atoms with Crippen molar-refractivity contribution in [3.8, 4) is 0 Å². The zero-order valence-corrected chi connectivity index (χ0v) is 9.81. The fraction of sp³-hybridized carbons (Fsp3) is 0.889. The van der Waals surface area contributed by atoms with Gasteiger partial charge < -0.3 is 4.74 Å². The molecule has 72 valence electrons. The second-order valence-corrected chi connectivity index (χ2v) is 9.62. The summed E-state index contributed by atoms with van der Waals surface area (Å²) in [7, 11) is -1.36. The van der Waals surface area contributed by atoms with Crippen LogP contribution in [0.25, 0.3) is 0 Å². The Hall–Kier alpha value is -0.153. The molecular formula is C9H20O2Si. The minimum atomic E-state index is -1.36. The third kappa shape index (κ3) is 4.02. The van der Waals surface area contributed by atoms with Crippen LogP contribution < -0.4 is 0 Å². The minimum Gasteiger partial charge on any atom is -0.381 e. The molecule has 0 rings (SSSR count). The van der Waals surface area contributed by atoms with Crippen LogP contribution in [0, 0.1) is 0 Å². The van der Waals surface area contributed by atoms with Crippen molar-refractivity contribution in [1.82, 2.24) is 0 Å². The fourth-order valence-corrected chi connectivity index (χ4v) is 3.05. The molecule has 0 saturated carbocycles. The van der Waals surface area contributed by atoms with E-state index in [4.69, 9.17) is 4.74 Å². The average Bonchev–Trinajstić information content (AvgIpc) is 1.84. The quantitative estimate of drug-likeness (QED) is 0.619. The highest BCUT2D eigenvalue weighted by atomic mass is 28.3. The molecule has 0 radical (unpaired) electrons. The molecule has 1 unspecified atom stereocenters. The molecule has 0 aliphatic heterocycles. The van der Waals surface area contributed by atoms with E-state index >= 15 is 0 Å². The van der Waals surface area contributed by atoms with E-state index in [-0.39, 0.29) is 11.3 Å². The third-order valence-electron chi connectivity index (χ3n) is 2.02. The number of carbonyl (C=O) groups is 1. The van der Waals surface area contributed by atoms with Gasteiger partial charge in [0.2, 0.25) is 0 Å². The normalized spacial score (nSPS) is 14.4. The van der Waals surface area contributed by atoms with Gasteiger partial charge in [-0.1, -0.05) is 19.6 Å². The Morgan fingerprint density at radius 2 is 1.92 bits per heavy atom. The average molecular weight is 188 g/mol. The van der Waals surface area contributed by atoms with Crippen molar-refractivity contribution in [1.29, 1.82) is 0 Å². The lowest BCUT2D eigenvalue weighted by Gasteiger charge is -2.26. The lowest BCUT2D eigenvalue weighted by Crippen LogP contribution is -2.35. The highest BCUT2D eigenvalue weighted by Crippen LogP contribution is 2.22. The number of Topliss-reactive ketones (excluding diaryl/α,β-unsaturated/α-hetero) is 1. The maximum Gasteiger partial charge on any atom is 0.132 e. The van der Waals surface area contributed by atoms with E-state index in [0.29, 0.717) is 13.2 Å². The molecule has 0 bridgehead atoms. The van der Waals surface area contributed by atoms with E-state index in [1.54, 1.807) is 6.92 Å². The van der Waals surface area contributed by atoms with Crippen molar-refractivity contribution in [3.63, 3.8) is 0 Å². The van der Waals surface area contributed by atoms with E-state index in [9.17, 15) is 4.79 Å². The summed E-state index contributed by atoms with van der Waals surface area (Å²) < 4.78 is 5.30. The lowest BCUT2D eigenvalue weighted by atomic mass is 10.3. The van der Waals surface area contributed by atoms with Crippen LogP contribution in [0.5, 0.6) is 0 Å². The Kier molecular flexibility index (Phi) is 4.71. The summed E-state index contributed by atoms with van der Waals surface area (Å²) in [6.45, 7) is 11.6. The van der Waals surface area contributed by atoms with Crippen molar-refractivity contribution in [2.45, 2.75) is 39.0 Å². The zero-order valence-electron chi connectivity index (χ0n) is 8.81. The summed E-state index contributed by atoms with van der Waals surface area (Å²) in [5, 5.41) is 0. The molecular weight excluding hydrogens is 168 g/mol. The molecule has 1 atom stereocenters. The van der Waals surface area contributed by atoms with Crippen molar-refractivity contribution < 1.29 is 9.53 Å². The molecule has 0 aliphatic rings. The van der Waals surface area contributed by atoms with Gasteiger partial charge in [-0.25, -0.2) is 0 Å². The van der Waals surface area contributed by atoms with Crippen molar-refractivity contribution in [2.75, 3.05) is 13.2 Å². The number of carbonyl (C=O) groups excluding carboxylic acids is 1. The first kappa shape index (κ1) is 11.8. The van der Waals surface area contributed by atoms with Gasteiger partial charge in [0.1, 0.15) is 5.78 Å². The van der Waals surface area contributed by atoms with Crippen molar-refractivity contribution in [3.05, 3.63) is 0 Å². The van der Waals surface area contributed by atoms with Crippen molar-refractivity contribution in [2.24, 2.45) is 0 Å². The molecule has 0 aliphatic carbocycles. The van der Waals surface area contributed by atoms with Crippen LogP contribution in [-0.4, -0.2) is 27.1 Å². The number of hydrogen-bond acceptors (Lipinski definition) is 2. The van der Waals surface area contributed by atoms with Gasteiger partial charge in [0, 0.05) is 12.1 Å². The first-order chi connectivity index (χ1) is 5.39. The number of ether oxygens (including phenoxy) is 1. The molecule has 0 spiro atoms. The van der Waals surface area contributed by atoms with Gasteiger partial charge in [-0.2, -0.15) is 0 Å². The Morgan fingerprint density at radius 1 is 1.42 bits per heavy atom. The van der Waals surface area contributed by atoms with Gasteiger partial charge in [0.15, 0.2) is 0 Å². The van der Waals surface area contributed by atoms with Crippen LogP contribution >= 0.6 is 0 Å². The number of rotatable bonds is 5. The van der Waals surface area contributed by atoms with Crippen molar-refractivity contribution >= 4 is 13.9 Å². The van der Waals surface area contributed by atoms with Crippen LogP contribution in [-0.2, 0) is 9.53 Å². The maximum atomic E-state index is 11.3. The summed E-state index contributed by atoms with van der Waals surface area (Å²) >= 11 is 0. The molecule has 0 aromatic rings. The van der Waals surface area contributed by atoms with E-state index in [2.05, 4.69) is 19.6 Å². The monoisotopic (exact) mass is 188 g/mol. The van der Waals surface area contributed by atoms with Crippen LogP contribution in [0.3, 0.4) is 0 Å². The largest absolute Gasteiger partial charge is 0.381 e. The van der Waals surface area contributed by atoms with Gasteiger partial charge in [-0.15, -0.1) is 0 Å². The Morgan fingerprint density at radius 3 is 2.17 bits per heavy atom. The molecule has 2 nitrogen and oxygen atoms in total. The summed E-state index contributed by atoms with van der Waals surface area (Å²) in [5.74, 6) is 0.280. The van der Waals surface area contributed by atoms with Crippen LogP contribution in [0.2, 0.25) is 25.2 Å². The Labute approximate surface area is 76.3 Å². The molecule has 0 fully saturated rings. The molecule has 3 heteroatoms. The first-order valence-electron chi connectivity index (χ1n) is 4.47. The Bertz CT molecular complexity index is 149. The lowest BCUT2D eigenvalue weighted by molar-refractivity contribution is -0.118. The standard InChI is InChI=1S/C9H20O2Si/c1-6-11-7-9(8(2)10)12(3,4)5/h9H,6-7H2,1-5H3. The third-order valence-corrected chi connectivity index (χ3v) is 4.69. The summed E-state index contributed by atoms with van der Waals surface area (Å²) in [4.78, 5) is 11.3. The second-order valence-electron chi connectivity index (χ2n) is 4.19. The van der Waals surface area contributed by atoms with Crippen LogP contribution in [0.1, 0.15) is 13.8 Å². The summed E-state index contributed by atoms with van der Waals surface area (Å²) in [6.07, 6.45) is 0. The summed E-state index contributed by atoms with van der Waals surface area (Å²) in [6, 6.07) is 0. The van der Waals surface area contributed by atoms with Crippen LogP contribution in [0.15, 0.2) is 0 Å².